The van der Waals surface area contributed by atoms with Crippen LogP contribution in [0.3, 0.4) is 0 Å². The number of hydrogen-bond acceptors (Lipinski definition) is 12. The predicted molar refractivity (Wildman–Crippen MR) is 144 cm³/mol. The third kappa shape index (κ3) is 5.36. The van der Waals surface area contributed by atoms with Gasteiger partial charge in [0.15, 0.2) is 5.13 Å². The molecule has 214 valence electrons. The van der Waals surface area contributed by atoms with E-state index in [1.54, 1.807) is 39.6 Å². The van der Waals surface area contributed by atoms with Crippen LogP contribution < -0.4 is 26.7 Å². The molecule has 0 bridgehead atoms. The van der Waals surface area contributed by atoms with Crippen molar-refractivity contribution in [3.63, 3.8) is 0 Å². The van der Waals surface area contributed by atoms with Crippen LogP contribution in [0.15, 0.2) is 47.0 Å². The van der Waals surface area contributed by atoms with E-state index in [-0.39, 0.29) is 41.5 Å². The quantitative estimate of drug-likeness (QED) is 0.0467. The van der Waals surface area contributed by atoms with Gasteiger partial charge in [0.05, 0.1) is 0 Å². The summed E-state index contributed by atoms with van der Waals surface area (Å²) in [5, 5.41) is 18.3. The molecule has 2 aliphatic heterocycles. The maximum absolute atomic E-state index is 13.2. The van der Waals surface area contributed by atoms with Crippen molar-refractivity contribution in [1.82, 2.24) is 24.0 Å². The van der Waals surface area contributed by atoms with Crippen molar-refractivity contribution >= 4 is 69.4 Å². The van der Waals surface area contributed by atoms with E-state index in [1.807, 2.05) is 0 Å². The summed E-state index contributed by atoms with van der Waals surface area (Å²) in [6.07, 6.45) is 3.42. The van der Waals surface area contributed by atoms with Crippen molar-refractivity contribution in [2.75, 3.05) is 30.7 Å². The fraction of sp³-hybridized carbons (Fsp3) is 0.273. The molecule has 0 spiro atoms. The first kappa shape index (κ1) is 27.8. The number of urea groups is 1. The van der Waals surface area contributed by atoms with Gasteiger partial charge in [0.25, 0.3) is 17.5 Å². The van der Waals surface area contributed by atoms with E-state index in [1.165, 1.54) is 18.9 Å². The third-order valence-electron chi connectivity index (χ3n) is 6.04. The lowest BCUT2D eigenvalue weighted by molar-refractivity contribution is -0.662. The highest BCUT2D eigenvalue weighted by Crippen LogP contribution is 2.40. The van der Waals surface area contributed by atoms with Gasteiger partial charge in [-0.2, -0.15) is 13.8 Å². The second kappa shape index (κ2) is 11.4. The van der Waals surface area contributed by atoms with Gasteiger partial charge in [-0.3, -0.25) is 19.8 Å². The highest BCUT2D eigenvalue weighted by molar-refractivity contribution is 8.00. The summed E-state index contributed by atoms with van der Waals surface area (Å²) in [4.78, 5) is 60.0. The summed E-state index contributed by atoms with van der Waals surface area (Å²) < 4.78 is 12.2. The summed E-state index contributed by atoms with van der Waals surface area (Å²) >= 11 is 2.15. The number of β-lactam (4-membered cyclic amide) rings is 1. The zero-order valence-corrected chi connectivity index (χ0v) is 22.8. The van der Waals surface area contributed by atoms with Gasteiger partial charge in [-0.1, -0.05) is 5.16 Å². The SMILES string of the molecule is COCO/N=C(\C(=O)N[C@@H]1C(=O)N2C(C(=O)O)=C(C[n+]3ccn4c(NC(N)=O)cccc43)CS[C@H]12)c1nsc(N)n1. The monoisotopic (exact) mass is 603 g/mol. The molecule has 1 saturated heterocycles. The van der Waals surface area contributed by atoms with Crippen LogP contribution in [0.1, 0.15) is 5.82 Å². The number of carboxylic acid groups (broad SMARTS) is 1. The molecule has 5 heterocycles. The number of nitrogen functional groups attached to an aromatic ring is 1. The maximum atomic E-state index is 13.2. The molecule has 17 nitrogen and oxygen atoms in total. The summed E-state index contributed by atoms with van der Waals surface area (Å²) in [6, 6.07) is 3.41. The minimum Gasteiger partial charge on any atom is -0.477 e. The van der Waals surface area contributed by atoms with E-state index in [0.717, 1.165) is 16.4 Å². The fourth-order valence-corrected chi connectivity index (χ4v) is 6.13. The molecule has 0 saturated carbocycles. The standard InChI is InChI=1S/C22H22N10O7S2/c1-38-9-39-28-13(16-27-22(24)41-29-16)17(33)26-14-18(34)32-15(20(35)36)10(8-40-19(14)32)7-30-5-6-31-11(25-21(23)37)3-2-4-12(30)31/h2-6,14,19H,7-9H2,1H3,(H6,23,24,26,27,29,33,35,36,37)/p+1/b28-13-/t14-,19-/m1/s1. The molecule has 5 rings (SSSR count). The summed E-state index contributed by atoms with van der Waals surface area (Å²) in [5.41, 5.74) is 11.5. The van der Waals surface area contributed by atoms with Crippen molar-refractivity contribution in [2.45, 2.75) is 18.0 Å². The van der Waals surface area contributed by atoms with Crippen LogP contribution in [0, 0.1) is 0 Å². The maximum Gasteiger partial charge on any atom is 0.352 e. The van der Waals surface area contributed by atoms with Crippen molar-refractivity contribution in [3.05, 3.63) is 47.7 Å². The number of hydrogen-bond donors (Lipinski definition) is 5. The number of thioether (sulfide) groups is 1. The Balaban J connectivity index is 1.36. The number of fused-ring (bicyclic) bond motifs is 2. The first-order valence-corrected chi connectivity index (χ1v) is 13.6. The van der Waals surface area contributed by atoms with Gasteiger partial charge in [-0.25, -0.2) is 14.2 Å². The van der Waals surface area contributed by atoms with Crippen LogP contribution >= 0.6 is 23.3 Å². The summed E-state index contributed by atoms with van der Waals surface area (Å²) in [6.45, 7) is -0.0953. The Morgan fingerprint density at radius 1 is 1.34 bits per heavy atom. The molecule has 2 atom stereocenters. The molecule has 7 N–H and O–H groups in total. The lowest BCUT2D eigenvalue weighted by Crippen LogP contribution is -2.71. The molecule has 3 aromatic heterocycles. The Bertz CT molecular complexity index is 1620. The number of aromatic nitrogens is 4. The van der Waals surface area contributed by atoms with Crippen molar-refractivity contribution < 1.29 is 38.4 Å². The average molecular weight is 604 g/mol. The fourth-order valence-electron chi connectivity index (χ4n) is 4.36. The number of nitrogens with zero attached hydrogens (tertiary/aromatic N) is 6. The Morgan fingerprint density at radius 3 is 2.83 bits per heavy atom. The first-order valence-electron chi connectivity index (χ1n) is 11.7. The van der Waals surface area contributed by atoms with Gasteiger partial charge in [0, 0.05) is 42.1 Å². The lowest BCUT2D eigenvalue weighted by Gasteiger charge is -2.49. The Hall–Kier alpha value is -4.75. The number of amides is 4. The number of ether oxygens (including phenoxy) is 1. The van der Waals surface area contributed by atoms with E-state index in [2.05, 4.69) is 25.1 Å². The number of pyridine rings is 1. The topological polar surface area (TPSA) is 233 Å². The molecule has 0 aliphatic carbocycles. The molecular weight excluding hydrogens is 580 g/mol. The molecule has 4 amide bonds. The summed E-state index contributed by atoms with van der Waals surface area (Å²) in [5.74, 6) is -2.08. The van der Waals surface area contributed by atoms with Crippen LogP contribution in [0.25, 0.3) is 5.65 Å². The van der Waals surface area contributed by atoms with Crippen LogP contribution in [-0.2, 0) is 30.5 Å². The number of carbonyl (C=O) groups is 4. The number of anilines is 2. The molecule has 0 aromatic carbocycles. The van der Waals surface area contributed by atoms with Gasteiger partial charge in [0.2, 0.25) is 24.1 Å². The number of primary amides is 1. The van der Waals surface area contributed by atoms with Gasteiger partial charge >= 0.3 is 12.0 Å². The number of carboxylic acids is 1. The zero-order valence-electron chi connectivity index (χ0n) is 21.2. The lowest BCUT2D eigenvalue weighted by atomic mass is 10.0. The highest BCUT2D eigenvalue weighted by Gasteiger charge is 2.54. The van der Waals surface area contributed by atoms with E-state index in [9.17, 15) is 24.3 Å². The minimum absolute atomic E-state index is 0.0963. The van der Waals surface area contributed by atoms with E-state index < -0.39 is 35.2 Å². The first-order chi connectivity index (χ1) is 19.7. The van der Waals surface area contributed by atoms with E-state index >= 15 is 0 Å². The summed E-state index contributed by atoms with van der Waals surface area (Å²) in [7, 11) is 1.37. The second-order valence-corrected chi connectivity index (χ2v) is 10.5. The smallest absolute Gasteiger partial charge is 0.352 e. The largest absolute Gasteiger partial charge is 0.477 e. The number of oxime groups is 1. The van der Waals surface area contributed by atoms with Crippen LogP contribution in [-0.4, -0.2) is 84.4 Å². The molecule has 2 aliphatic rings. The number of nitrogens with one attached hydrogen (secondary N) is 2. The molecule has 41 heavy (non-hydrogen) atoms. The number of carbonyl (C=O) groups excluding carboxylic acids is 3. The minimum atomic E-state index is -1.28. The molecule has 0 unspecified atom stereocenters. The van der Waals surface area contributed by atoms with Gasteiger partial charge in [0.1, 0.15) is 36.1 Å². The van der Waals surface area contributed by atoms with Gasteiger partial charge in [-0.15, -0.1) is 11.8 Å². The van der Waals surface area contributed by atoms with Gasteiger partial charge < -0.3 is 31.5 Å². The Labute approximate surface area is 238 Å². The Kier molecular flexibility index (Phi) is 7.72. The molecule has 1 fully saturated rings. The number of aliphatic carboxylic acids is 1. The second-order valence-electron chi connectivity index (χ2n) is 8.60. The molecule has 19 heteroatoms. The van der Waals surface area contributed by atoms with Crippen LogP contribution in [0.4, 0.5) is 15.7 Å². The predicted octanol–water partition coefficient (Wildman–Crippen LogP) is -1.09. The number of rotatable bonds is 10. The highest BCUT2D eigenvalue weighted by atomic mass is 32.2. The number of methoxy groups -OCH3 is 1. The average Bonchev–Trinajstić information content (AvgIpc) is 3.55. The van der Waals surface area contributed by atoms with E-state index in [0.29, 0.717) is 17.0 Å². The van der Waals surface area contributed by atoms with Crippen molar-refractivity contribution in [1.29, 1.82) is 0 Å². The molecule has 3 aromatic rings. The zero-order chi connectivity index (χ0) is 29.3. The van der Waals surface area contributed by atoms with Crippen LogP contribution in [0.2, 0.25) is 0 Å². The van der Waals surface area contributed by atoms with Crippen molar-refractivity contribution in [2.24, 2.45) is 10.9 Å². The van der Waals surface area contributed by atoms with Gasteiger partial charge in [-0.05, 0) is 6.07 Å². The normalized spacial score (nSPS) is 18.6. The van der Waals surface area contributed by atoms with Crippen molar-refractivity contribution in [3.8, 4) is 0 Å². The molecule has 0 radical (unpaired) electrons. The number of imidazole rings is 1. The molecular formula is C22H23N10O7S2+. The number of nitrogens with two attached hydrogens (primary N) is 2. The Morgan fingerprint density at radius 2 is 2.15 bits per heavy atom. The third-order valence-corrected chi connectivity index (χ3v) is 7.92. The van der Waals surface area contributed by atoms with E-state index in [4.69, 9.17) is 21.0 Å². The van der Waals surface area contributed by atoms with Crippen LogP contribution in [0.5, 0.6) is 0 Å².